The number of phenolic OH excluding ortho intramolecular Hbond substituents is 1. The fraction of sp³-hybridized carbons (Fsp3) is 0.364. The summed E-state index contributed by atoms with van der Waals surface area (Å²) in [6.45, 7) is 6.01. The Morgan fingerprint density at radius 3 is 1.40 bits per heavy atom. The quantitative estimate of drug-likeness (QED) is 0.0341. The van der Waals surface area contributed by atoms with E-state index in [1.165, 1.54) is 11.1 Å². The number of ether oxygens (including phenoxy) is 5. The van der Waals surface area contributed by atoms with Crippen LogP contribution in [0.2, 0.25) is 0 Å². The van der Waals surface area contributed by atoms with Crippen LogP contribution in [-0.2, 0) is 54.6 Å². The molecule has 0 saturated heterocycles. The molecule has 12 nitrogen and oxygen atoms in total. The van der Waals surface area contributed by atoms with Crippen molar-refractivity contribution in [2.75, 3.05) is 38.2 Å². The van der Waals surface area contributed by atoms with Gasteiger partial charge in [0.25, 0.3) is 0 Å². The first-order valence-corrected chi connectivity index (χ1v) is 20.1. The number of carbonyl (C=O) groups excluding carboxylic acids is 4. The number of halogens is 1. The highest BCUT2D eigenvalue weighted by Gasteiger charge is 2.05. The number of nitrogens with one attached hydrogen (secondary N) is 2. The number of alkyl carbamates (subject to hydrolysis) is 2. The number of unbranched alkanes of at least 4 members (excludes halogenated alkanes) is 2. The van der Waals surface area contributed by atoms with E-state index < -0.39 is 6.09 Å². The molecule has 0 aliphatic carbocycles. The number of aryl methyl sites for hydroxylation is 2. The van der Waals surface area contributed by atoms with Crippen LogP contribution < -0.4 is 15.4 Å². The lowest BCUT2D eigenvalue weighted by molar-refractivity contribution is -0.145. The molecule has 0 aromatic heterocycles. The first-order valence-electron chi connectivity index (χ1n) is 19.0. The van der Waals surface area contributed by atoms with Crippen molar-refractivity contribution in [3.8, 4) is 11.5 Å². The Bertz CT molecular complexity index is 1680. The van der Waals surface area contributed by atoms with Crippen LogP contribution in [0.5, 0.6) is 11.5 Å². The van der Waals surface area contributed by atoms with Crippen molar-refractivity contribution in [1.82, 2.24) is 10.6 Å². The van der Waals surface area contributed by atoms with Crippen molar-refractivity contribution >= 4 is 40.1 Å². The van der Waals surface area contributed by atoms with E-state index in [0.29, 0.717) is 44.0 Å². The molecule has 308 valence electrons. The summed E-state index contributed by atoms with van der Waals surface area (Å²) in [5.74, 6) is 0.343. The molecule has 4 aromatic carbocycles. The van der Waals surface area contributed by atoms with Crippen LogP contribution in [0.3, 0.4) is 0 Å². The van der Waals surface area contributed by atoms with Crippen LogP contribution in [0.4, 0.5) is 9.59 Å². The minimum atomic E-state index is -0.396. The summed E-state index contributed by atoms with van der Waals surface area (Å²) >= 11 is 2.94. The SMILES string of the molecule is CCOC(=O)CBr.CCOC(=O)COc1ccc(CCCCNC(=O)OCc2ccccc2)cc1.O=C(NCCCCc1ccc(O)cc1)OCc1ccccc1. The van der Waals surface area contributed by atoms with Gasteiger partial charge in [-0.2, -0.15) is 0 Å². The highest BCUT2D eigenvalue weighted by atomic mass is 79.9. The maximum absolute atomic E-state index is 11.7. The number of phenols is 1. The van der Waals surface area contributed by atoms with Crippen molar-refractivity contribution in [2.24, 2.45) is 0 Å². The number of esters is 2. The van der Waals surface area contributed by atoms with E-state index in [-0.39, 0.29) is 37.0 Å². The monoisotopic (exact) mass is 850 g/mol. The lowest BCUT2D eigenvalue weighted by Gasteiger charge is -2.08. The van der Waals surface area contributed by atoms with Crippen LogP contribution in [0.25, 0.3) is 0 Å². The Morgan fingerprint density at radius 1 is 0.544 bits per heavy atom. The lowest BCUT2D eigenvalue weighted by Crippen LogP contribution is -2.25. The molecular formula is C44H55BrN2O10. The molecule has 0 radical (unpaired) electrons. The Labute approximate surface area is 344 Å². The largest absolute Gasteiger partial charge is 0.508 e. The van der Waals surface area contributed by atoms with E-state index >= 15 is 0 Å². The third kappa shape index (κ3) is 24.5. The molecular weight excluding hydrogens is 796 g/mol. The summed E-state index contributed by atoms with van der Waals surface area (Å²) in [4.78, 5) is 44.6. The molecule has 0 atom stereocenters. The molecule has 0 spiro atoms. The zero-order valence-corrected chi connectivity index (χ0v) is 34.4. The summed E-state index contributed by atoms with van der Waals surface area (Å²) in [5.41, 5.74) is 4.30. The van der Waals surface area contributed by atoms with Crippen molar-refractivity contribution in [1.29, 1.82) is 0 Å². The number of hydrogen-bond donors (Lipinski definition) is 3. The molecule has 0 fully saturated rings. The van der Waals surface area contributed by atoms with Gasteiger partial charge in [0.1, 0.15) is 30.0 Å². The van der Waals surface area contributed by atoms with Crippen molar-refractivity contribution < 1.29 is 48.0 Å². The van der Waals surface area contributed by atoms with Crippen LogP contribution in [0.1, 0.15) is 61.8 Å². The first kappa shape index (κ1) is 47.6. The molecule has 3 N–H and O–H groups in total. The number of hydrogen-bond acceptors (Lipinski definition) is 10. The average Bonchev–Trinajstić information content (AvgIpc) is 3.23. The summed E-state index contributed by atoms with van der Waals surface area (Å²) < 4.78 is 25.0. The molecule has 0 unspecified atom stereocenters. The minimum Gasteiger partial charge on any atom is -0.508 e. The highest BCUT2D eigenvalue weighted by molar-refractivity contribution is 9.09. The average molecular weight is 852 g/mol. The lowest BCUT2D eigenvalue weighted by atomic mass is 10.1. The van der Waals surface area contributed by atoms with Gasteiger partial charge in [-0.05, 0) is 98.9 Å². The van der Waals surface area contributed by atoms with Gasteiger partial charge < -0.3 is 39.4 Å². The van der Waals surface area contributed by atoms with Gasteiger partial charge in [0, 0.05) is 13.1 Å². The van der Waals surface area contributed by atoms with Gasteiger partial charge >= 0.3 is 24.1 Å². The molecule has 0 aliphatic heterocycles. The number of rotatable bonds is 20. The predicted octanol–water partition coefficient (Wildman–Crippen LogP) is 8.46. The molecule has 0 aliphatic rings. The normalized spacial score (nSPS) is 9.95. The second-order valence-electron chi connectivity index (χ2n) is 12.2. The molecule has 0 bridgehead atoms. The molecule has 2 amide bonds. The Hall–Kier alpha value is -5.56. The van der Waals surface area contributed by atoms with Gasteiger partial charge in [0.2, 0.25) is 0 Å². The molecule has 4 rings (SSSR count). The Balaban J connectivity index is 0.000000344. The van der Waals surface area contributed by atoms with Crippen LogP contribution in [0.15, 0.2) is 109 Å². The van der Waals surface area contributed by atoms with E-state index in [1.807, 2.05) is 97.1 Å². The van der Waals surface area contributed by atoms with E-state index in [9.17, 15) is 24.3 Å². The van der Waals surface area contributed by atoms with Crippen molar-refractivity contribution in [3.63, 3.8) is 0 Å². The summed E-state index contributed by atoms with van der Waals surface area (Å²) in [6, 6.07) is 34.0. The maximum Gasteiger partial charge on any atom is 0.407 e. The minimum absolute atomic E-state index is 0.0841. The van der Waals surface area contributed by atoms with Gasteiger partial charge in [-0.25, -0.2) is 14.4 Å². The molecule has 57 heavy (non-hydrogen) atoms. The fourth-order valence-corrected chi connectivity index (χ4v) is 4.96. The zero-order valence-electron chi connectivity index (χ0n) is 32.8. The van der Waals surface area contributed by atoms with Gasteiger partial charge in [-0.3, -0.25) is 4.79 Å². The molecule has 0 saturated carbocycles. The number of benzene rings is 4. The Morgan fingerprint density at radius 2 is 0.982 bits per heavy atom. The van der Waals surface area contributed by atoms with E-state index in [0.717, 1.165) is 49.7 Å². The van der Waals surface area contributed by atoms with Crippen LogP contribution in [0, 0.1) is 0 Å². The molecule has 4 aromatic rings. The number of amides is 2. The van der Waals surface area contributed by atoms with E-state index in [2.05, 4.69) is 31.3 Å². The third-order valence-corrected chi connectivity index (χ3v) is 8.14. The number of alkyl halides is 1. The predicted molar refractivity (Wildman–Crippen MR) is 222 cm³/mol. The smallest absolute Gasteiger partial charge is 0.407 e. The number of aromatic hydroxyl groups is 1. The Kier molecular flexibility index (Phi) is 25.6. The molecule has 13 heteroatoms. The van der Waals surface area contributed by atoms with Gasteiger partial charge in [-0.1, -0.05) is 101 Å². The third-order valence-electron chi connectivity index (χ3n) is 7.68. The zero-order chi connectivity index (χ0) is 41.4. The first-order chi connectivity index (χ1) is 27.7. The summed E-state index contributed by atoms with van der Waals surface area (Å²) in [7, 11) is 0. The topological polar surface area (TPSA) is 159 Å². The number of carbonyl (C=O) groups is 4. The van der Waals surface area contributed by atoms with E-state index in [4.69, 9.17) is 18.9 Å². The van der Waals surface area contributed by atoms with Crippen molar-refractivity contribution in [3.05, 3.63) is 131 Å². The van der Waals surface area contributed by atoms with Gasteiger partial charge in [0.05, 0.1) is 13.2 Å². The highest BCUT2D eigenvalue weighted by Crippen LogP contribution is 2.14. The standard InChI is InChI=1S/C22H27NO5.C18H21NO3.C4H7BrO2/c1-2-26-21(24)17-27-20-13-11-18(12-14-20)8-6-7-15-23-22(25)28-16-19-9-4-3-5-10-19;20-17-11-9-15(10-12-17)6-4-5-13-19-18(21)22-14-16-7-2-1-3-8-16;1-2-7-4(6)3-5/h3-5,9-14H,2,6-8,15-17H2,1H3,(H,23,25);1-3,7-12,20H,4-6,13-14H2,(H,19,21);2-3H2,1H3. The van der Waals surface area contributed by atoms with Crippen LogP contribution >= 0.6 is 15.9 Å². The second-order valence-corrected chi connectivity index (χ2v) is 12.8. The van der Waals surface area contributed by atoms with Crippen molar-refractivity contribution in [2.45, 2.75) is 65.6 Å². The van der Waals surface area contributed by atoms with Gasteiger partial charge in [0.15, 0.2) is 6.61 Å². The molecule has 0 heterocycles. The fourth-order valence-electron chi connectivity index (χ4n) is 4.80. The summed E-state index contributed by atoms with van der Waals surface area (Å²) in [6.07, 6.45) is 4.73. The summed E-state index contributed by atoms with van der Waals surface area (Å²) in [5, 5.41) is 15.0. The van der Waals surface area contributed by atoms with E-state index in [1.54, 1.807) is 26.0 Å². The van der Waals surface area contributed by atoms with Gasteiger partial charge in [-0.15, -0.1) is 0 Å². The van der Waals surface area contributed by atoms with Crippen LogP contribution in [-0.4, -0.2) is 67.5 Å². The second kappa shape index (κ2) is 30.6. The maximum atomic E-state index is 11.7.